The van der Waals surface area contributed by atoms with Crippen LogP contribution in [0.15, 0.2) is 4.99 Å². The molecule has 0 spiro atoms. The van der Waals surface area contributed by atoms with Gasteiger partial charge >= 0.3 is 6.09 Å². The Labute approximate surface area is 149 Å². The zero-order valence-corrected chi connectivity index (χ0v) is 15.8. The summed E-state index contributed by atoms with van der Waals surface area (Å²) in [6.07, 6.45) is 2.09. The van der Waals surface area contributed by atoms with Gasteiger partial charge < -0.3 is 20.3 Å². The van der Waals surface area contributed by atoms with Gasteiger partial charge in [-0.05, 0) is 26.2 Å². The topological polar surface area (TPSA) is 103 Å². The second-order valence-electron chi connectivity index (χ2n) is 6.17. The van der Waals surface area contributed by atoms with Gasteiger partial charge in [0.2, 0.25) is 10.0 Å². The van der Waals surface area contributed by atoms with Crippen LogP contribution in [0.3, 0.4) is 0 Å². The van der Waals surface area contributed by atoms with Crippen LogP contribution >= 0.6 is 0 Å². The van der Waals surface area contributed by atoms with Gasteiger partial charge in [-0.1, -0.05) is 0 Å². The molecule has 25 heavy (non-hydrogen) atoms. The lowest BCUT2D eigenvalue weighted by molar-refractivity contribution is 0.0963. The number of hydrogen-bond donors (Lipinski definition) is 2. The highest BCUT2D eigenvalue weighted by Crippen LogP contribution is 2.12. The molecule has 2 saturated heterocycles. The second kappa shape index (κ2) is 9.23. The predicted molar refractivity (Wildman–Crippen MR) is 96.1 cm³/mol. The molecule has 9 nitrogen and oxygen atoms in total. The molecule has 0 aliphatic carbocycles. The van der Waals surface area contributed by atoms with E-state index in [-0.39, 0.29) is 17.9 Å². The molecule has 0 saturated carbocycles. The molecular weight excluding hydrogens is 346 g/mol. The fourth-order valence-electron chi connectivity index (χ4n) is 3.05. The Hall–Kier alpha value is -1.55. The number of carbonyl (C=O) groups is 1. The molecule has 0 radical (unpaired) electrons. The van der Waals surface area contributed by atoms with Crippen molar-refractivity contribution < 1.29 is 17.9 Å². The summed E-state index contributed by atoms with van der Waals surface area (Å²) in [4.78, 5) is 17.6. The van der Waals surface area contributed by atoms with Crippen molar-refractivity contribution in [3.05, 3.63) is 0 Å². The third-order valence-electron chi connectivity index (χ3n) is 4.44. The summed E-state index contributed by atoms with van der Waals surface area (Å²) in [6.45, 7) is 5.06. The summed E-state index contributed by atoms with van der Waals surface area (Å²) in [7, 11) is -1.36. The van der Waals surface area contributed by atoms with Crippen molar-refractivity contribution in [1.29, 1.82) is 0 Å². The third-order valence-corrected chi connectivity index (χ3v) is 6.40. The van der Waals surface area contributed by atoms with Gasteiger partial charge in [0, 0.05) is 45.8 Å². The molecule has 2 rings (SSSR count). The Kier molecular flexibility index (Phi) is 7.30. The maximum absolute atomic E-state index is 11.8. The smallest absolute Gasteiger partial charge is 0.409 e. The lowest BCUT2D eigenvalue weighted by atomic mass is 10.1. The van der Waals surface area contributed by atoms with Gasteiger partial charge in [-0.25, -0.2) is 17.5 Å². The van der Waals surface area contributed by atoms with E-state index in [4.69, 9.17) is 4.74 Å². The van der Waals surface area contributed by atoms with E-state index in [0.717, 1.165) is 12.8 Å². The maximum atomic E-state index is 11.8. The van der Waals surface area contributed by atoms with Crippen LogP contribution in [0, 0.1) is 0 Å². The first-order valence-corrected chi connectivity index (χ1v) is 10.4. The van der Waals surface area contributed by atoms with E-state index in [1.807, 2.05) is 0 Å². The summed E-state index contributed by atoms with van der Waals surface area (Å²) < 4.78 is 30.1. The molecular formula is C15H29N5O4S. The van der Waals surface area contributed by atoms with Crippen LogP contribution in [-0.4, -0.2) is 87.8 Å². The molecule has 2 aliphatic rings. The summed E-state index contributed by atoms with van der Waals surface area (Å²) in [5.74, 6) is 0.908. The number of aliphatic imine (C=N–C) groups is 1. The molecule has 0 atom stereocenters. The molecule has 144 valence electrons. The van der Waals surface area contributed by atoms with Crippen molar-refractivity contribution in [3.63, 3.8) is 0 Å². The van der Waals surface area contributed by atoms with Crippen molar-refractivity contribution in [2.75, 3.05) is 52.1 Å². The van der Waals surface area contributed by atoms with Gasteiger partial charge in [0.15, 0.2) is 5.96 Å². The van der Waals surface area contributed by atoms with Crippen molar-refractivity contribution >= 4 is 22.1 Å². The highest BCUT2D eigenvalue weighted by Gasteiger charge is 2.28. The molecule has 1 amide bonds. The number of hydrogen-bond acceptors (Lipinski definition) is 5. The lowest BCUT2D eigenvalue weighted by Crippen LogP contribution is -2.50. The minimum Gasteiger partial charge on any atom is -0.450 e. The monoisotopic (exact) mass is 375 g/mol. The number of sulfonamides is 1. The van der Waals surface area contributed by atoms with E-state index < -0.39 is 10.0 Å². The Bertz CT molecular complexity index is 572. The first-order chi connectivity index (χ1) is 12.0. The van der Waals surface area contributed by atoms with E-state index in [1.165, 1.54) is 4.31 Å². The van der Waals surface area contributed by atoms with Crippen LogP contribution in [0.2, 0.25) is 0 Å². The molecule has 2 N–H and O–H groups in total. The first-order valence-electron chi connectivity index (χ1n) is 8.83. The van der Waals surface area contributed by atoms with Gasteiger partial charge in [-0.2, -0.15) is 0 Å². The van der Waals surface area contributed by atoms with Gasteiger partial charge in [0.05, 0.1) is 12.4 Å². The standard InChI is InChI=1S/C15H29N5O4S/c1-3-24-15(21)19-9-5-13(6-10-19)18-14(16-2)17-7-11-20-8-4-12-25(20,22)23/h13H,3-12H2,1-2H3,(H2,16,17,18). The average Bonchev–Trinajstić information content (AvgIpc) is 2.93. The van der Waals surface area contributed by atoms with Crippen molar-refractivity contribution in [3.8, 4) is 0 Å². The highest BCUT2D eigenvalue weighted by atomic mass is 32.2. The van der Waals surface area contributed by atoms with E-state index in [0.29, 0.717) is 51.7 Å². The predicted octanol–water partition coefficient (Wildman–Crippen LogP) is -0.192. The van der Waals surface area contributed by atoms with Gasteiger partial charge in [-0.15, -0.1) is 0 Å². The average molecular weight is 375 g/mol. The largest absolute Gasteiger partial charge is 0.450 e. The molecule has 2 heterocycles. The summed E-state index contributed by atoms with van der Waals surface area (Å²) in [5.41, 5.74) is 0. The van der Waals surface area contributed by atoms with E-state index in [9.17, 15) is 13.2 Å². The zero-order chi connectivity index (χ0) is 18.3. The number of piperidine rings is 1. The molecule has 10 heteroatoms. The van der Waals surface area contributed by atoms with Crippen LogP contribution in [0.1, 0.15) is 26.2 Å². The van der Waals surface area contributed by atoms with Gasteiger partial charge in [0.25, 0.3) is 0 Å². The number of carbonyl (C=O) groups excluding carboxylic acids is 1. The van der Waals surface area contributed by atoms with Crippen LogP contribution in [0.25, 0.3) is 0 Å². The van der Waals surface area contributed by atoms with Gasteiger partial charge in [-0.3, -0.25) is 4.99 Å². The van der Waals surface area contributed by atoms with E-state index in [1.54, 1.807) is 18.9 Å². The maximum Gasteiger partial charge on any atom is 0.409 e. The van der Waals surface area contributed by atoms with Crippen LogP contribution in [0.4, 0.5) is 4.79 Å². The Morgan fingerprint density at radius 2 is 2.00 bits per heavy atom. The minimum absolute atomic E-state index is 0.229. The SMILES string of the molecule is CCOC(=O)N1CCC(NC(=NC)NCCN2CCCS2(=O)=O)CC1. The quantitative estimate of drug-likeness (QED) is 0.510. The number of rotatable bonds is 5. The lowest BCUT2D eigenvalue weighted by Gasteiger charge is -2.32. The van der Waals surface area contributed by atoms with Crippen molar-refractivity contribution in [2.24, 2.45) is 4.99 Å². The normalized spacial score (nSPS) is 22.0. The number of guanidine groups is 1. The highest BCUT2D eigenvalue weighted by molar-refractivity contribution is 7.89. The Morgan fingerprint density at radius 1 is 1.28 bits per heavy atom. The molecule has 2 fully saturated rings. The Morgan fingerprint density at radius 3 is 2.56 bits per heavy atom. The molecule has 0 bridgehead atoms. The van der Waals surface area contributed by atoms with Crippen LogP contribution in [-0.2, 0) is 14.8 Å². The Balaban J connectivity index is 1.69. The number of amides is 1. The number of nitrogens with zero attached hydrogens (tertiary/aromatic N) is 3. The number of likely N-dealkylation sites (tertiary alicyclic amines) is 1. The number of nitrogens with one attached hydrogen (secondary N) is 2. The van der Waals surface area contributed by atoms with E-state index >= 15 is 0 Å². The third kappa shape index (κ3) is 5.74. The fourth-order valence-corrected chi connectivity index (χ4v) is 4.58. The number of ether oxygens (including phenoxy) is 1. The van der Waals surface area contributed by atoms with Gasteiger partial charge in [0.1, 0.15) is 0 Å². The molecule has 0 aromatic rings. The molecule has 0 aromatic carbocycles. The fraction of sp³-hybridized carbons (Fsp3) is 0.867. The van der Waals surface area contributed by atoms with E-state index in [2.05, 4.69) is 15.6 Å². The summed E-state index contributed by atoms with van der Waals surface area (Å²) in [6, 6.07) is 0.229. The first kappa shape index (κ1) is 19.8. The van der Waals surface area contributed by atoms with Crippen LogP contribution < -0.4 is 10.6 Å². The molecule has 0 aromatic heterocycles. The zero-order valence-electron chi connectivity index (χ0n) is 15.0. The minimum atomic E-state index is -3.05. The summed E-state index contributed by atoms with van der Waals surface area (Å²) >= 11 is 0. The second-order valence-corrected chi connectivity index (χ2v) is 8.26. The molecule has 0 unspecified atom stereocenters. The summed E-state index contributed by atoms with van der Waals surface area (Å²) in [5, 5.41) is 6.50. The van der Waals surface area contributed by atoms with Crippen molar-refractivity contribution in [1.82, 2.24) is 19.8 Å². The van der Waals surface area contributed by atoms with Crippen molar-refractivity contribution in [2.45, 2.75) is 32.2 Å². The van der Waals surface area contributed by atoms with Crippen LogP contribution in [0.5, 0.6) is 0 Å². The molecule has 2 aliphatic heterocycles.